The third-order valence-corrected chi connectivity index (χ3v) is 2.01. The first-order valence-corrected chi connectivity index (χ1v) is 5.46. The predicted molar refractivity (Wildman–Crippen MR) is 62.5 cm³/mol. The van der Waals surface area contributed by atoms with E-state index < -0.39 is 0 Å². The molecular formula is C11H24N2O2. The van der Waals surface area contributed by atoms with E-state index in [1.165, 1.54) is 14.0 Å². The van der Waals surface area contributed by atoms with Crippen molar-refractivity contribution in [1.29, 1.82) is 0 Å². The molecule has 0 aromatic carbocycles. The molecule has 0 aromatic heterocycles. The summed E-state index contributed by atoms with van der Waals surface area (Å²) in [4.78, 5) is 22.0. The number of hydrogen-bond acceptors (Lipinski definition) is 3. The molecule has 1 unspecified atom stereocenters. The Morgan fingerprint density at radius 3 is 2.13 bits per heavy atom. The molecule has 0 spiro atoms. The van der Waals surface area contributed by atoms with E-state index in [0.717, 1.165) is 19.3 Å². The molecule has 4 heteroatoms. The van der Waals surface area contributed by atoms with Crippen LogP contribution in [0.5, 0.6) is 0 Å². The predicted octanol–water partition coefficient (Wildman–Crippen LogP) is 1.09. The lowest BCUT2D eigenvalue weighted by atomic mass is 10.00. The quantitative estimate of drug-likeness (QED) is 0.698. The maximum atomic E-state index is 11.4. The van der Waals surface area contributed by atoms with Crippen molar-refractivity contribution in [3.63, 3.8) is 0 Å². The van der Waals surface area contributed by atoms with Crippen LogP contribution in [0.2, 0.25) is 0 Å². The Kier molecular flexibility index (Phi) is 12.3. The molecule has 1 atom stereocenters. The molecule has 4 nitrogen and oxygen atoms in total. The molecule has 90 valence electrons. The Hall–Kier alpha value is -0.900. The van der Waals surface area contributed by atoms with Gasteiger partial charge in [-0.05, 0) is 26.8 Å². The molecule has 0 aliphatic heterocycles. The van der Waals surface area contributed by atoms with E-state index in [1.54, 1.807) is 0 Å². The zero-order valence-electron chi connectivity index (χ0n) is 10.3. The van der Waals surface area contributed by atoms with Gasteiger partial charge < -0.3 is 11.1 Å². The van der Waals surface area contributed by atoms with Crippen molar-refractivity contribution >= 4 is 11.7 Å². The lowest BCUT2D eigenvalue weighted by Crippen LogP contribution is -2.33. The fourth-order valence-electron chi connectivity index (χ4n) is 1.23. The molecule has 0 saturated carbocycles. The highest BCUT2D eigenvalue weighted by Gasteiger charge is 2.14. The van der Waals surface area contributed by atoms with Crippen molar-refractivity contribution in [2.24, 2.45) is 11.7 Å². The Morgan fingerprint density at radius 2 is 1.80 bits per heavy atom. The molecule has 0 aromatic rings. The molecular weight excluding hydrogens is 192 g/mol. The van der Waals surface area contributed by atoms with Gasteiger partial charge in [0.15, 0.2) is 0 Å². The standard InChI is InChI=1S/C10H19NO2.CH5N/c1-4-6-9(5-2)10(13)11-7-8(3)12;1-2/h9H,4-7H2,1-3H3,(H,11,13);2H2,1H3. The molecule has 0 aliphatic rings. The molecule has 0 aliphatic carbocycles. The number of amides is 1. The highest BCUT2D eigenvalue weighted by Crippen LogP contribution is 2.10. The molecule has 0 saturated heterocycles. The number of hydrogen-bond donors (Lipinski definition) is 2. The Labute approximate surface area is 92.6 Å². The second kappa shape index (κ2) is 11.2. The van der Waals surface area contributed by atoms with E-state index in [0.29, 0.717) is 0 Å². The maximum Gasteiger partial charge on any atom is 0.223 e. The molecule has 0 heterocycles. The topological polar surface area (TPSA) is 72.2 Å². The lowest BCUT2D eigenvalue weighted by molar-refractivity contribution is -0.127. The summed E-state index contributed by atoms with van der Waals surface area (Å²) in [6.45, 7) is 5.69. The van der Waals surface area contributed by atoms with Gasteiger partial charge in [-0.3, -0.25) is 9.59 Å². The first-order valence-electron chi connectivity index (χ1n) is 5.46. The summed E-state index contributed by atoms with van der Waals surface area (Å²) < 4.78 is 0. The number of rotatable bonds is 6. The van der Waals surface area contributed by atoms with Crippen LogP contribution in [0.3, 0.4) is 0 Å². The van der Waals surface area contributed by atoms with Crippen LogP contribution < -0.4 is 11.1 Å². The van der Waals surface area contributed by atoms with E-state index >= 15 is 0 Å². The first kappa shape index (κ1) is 16.5. The first-order chi connectivity index (χ1) is 7.11. The van der Waals surface area contributed by atoms with Crippen molar-refractivity contribution in [3.8, 4) is 0 Å². The van der Waals surface area contributed by atoms with Crippen LogP contribution >= 0.6 is 0 Å². The van der Waals surface area contributed by atoms with E-state index in [9.17, 15) is 9.59 Å². The van der Waals surface area contributed by atoms with Crippen molar-refractivity contribution in [2.45, 2.75) is 40.0 Å². The van der Waals surface area contributed by atoms with Crippen LogP contribution in [0.25, 0.3) is 0 Å². The summed E-state index contributed by atoms with van der Waals surface area (Å²) in [6, 6.07) is 0. The monoisotopic (exact) mass is 216 g/mol. The molecule has 3 N–H and O–H groups in total. The molecule has 15 heavy (non-hydrogen) atoms. The van der Waals surface area contributed by atoms with Crippen molar-refractivity contribution < 1.29 is 9.59 Å². The van der Waals surface area contributed by atoms with Crippen LogP contribution in [0.15, 0.2) is 0 Å². The highest BCUT2D eigenvalue weighted by molar-refractivity contribution is 5.85. The minimum absolute atomic E-state index is 0.000276. The zero-order valence-corrected chi connectivity index (χ0v) is 10.3. The third kappa shape index (κ3) is 9.41. The molecule has 0 rings (SSSR count). The lowest BCUT2D eigenvalue weighted by Gasteiger charge is -2.12. The fourth-order valence-corrected chi connectivity index (χ4v) is 1.23. The van der Waals surface area contributed by atoms with Crippen molar-refractivity contribution in [1.82, 2.24) is 5.32 Å². The minimum Gasteiger partial charge on any atom is -0.349 e. The van der Waals surface area contributed by atoms with Gasteiger partial charge in [-0.25, -0.2) is 0 Å². The molecule has 1 amide bonds. The van der Waals surface area contributed by atoms with Crippen LogP contribution in [-0.4, -0.2) is 25.3 Å². The SMILES string of the molecule is CCCC(CC)C(=O)NCC(C)=O.CN. The molecule has 0 radical (unpaired) electrons. The summed E-state index contributed by atoms with van der Waals surface area (Å²) in [5, 5.41) is 2.63. The minimum atomic E-state index is -0.000276. The number of carbonyl (C=O) groups excluding carboxylic acids is 2. The molecule has 0 bridgehead atoms. The van der Waals surface area contributed by atoms with Gasteiger partial charge in [-0.15, -0.1) is 0 Å². The fraction of sp³-hybridized carbons (Fsp3) is 0.818. The molecule has 0 fully saturated rings. The number of nitrogens with one attached hydrogen (secondary N) is 1. The highest BCUT2D eigenvalue weighted by atomic mass is 16.2. The number of Topliss-reactive ketones (excluding diaryl/α,β-unsaturated/α-hetero) is 1. The van der Waals surface area contributed by atoms with Crippen LogP contribution in [0.4, 0.5) is 0 Å². The summed E-state index contributed by atoms with van der Waals surface area (Å²) in [6.07, 6.45) is 2.75. The van der Waals surface area contributed by atoms with E-state index in [-0.39, 0.29) is 24.2 Å². The number of carbonyl (C=O) groups is 2. The number of ketones is 1. The van der Waals surface area contributed by atoms with Gasteiger partial charge in [0.25, 0.3) is 0 Å². The van der Waals surface area contributed by atoms with Crippen LogP contribution in [0.1, 0.15) is 40.0 Å². The van der Waals surface area contributed by atoms with Crippen LogP contribution in [-0.2, 0) is 9.59 Å². The maximum absolute atomic E-state index is 11.4. The van der Waals surface area contributed by atoms with Crippen molar-refractivity contribution in [2.75, 3.05) is 13.6 Å². The Bertz CT molecular complexity index is 181. The van der Waals surface area contributed by atoms with Crippen molar-refractivity contribution in [3.05, 3.63) is 0 Å². The van der Waals surface area contributed by atoms with E-state index in [4.69, 9.17) is 0 Å². The van der Waals surface area contributed by atoms with Gasteiger partial charge in [0.1, 0.15) is 5.78 Å². The number of nitrogens with two attached hydrogens (primary N) is 1. The van der Waals surface area contributed by atoms with Gasteiger partial charge in [0.05, 0.1) is 6.54 Å². The van der Waals surface area contributed by atoms with Gasteiger partial charge in [-0.2, -0.15) is 0 Å². The van der Waals surface area contributed by atoms with Gasteiger partial charge in [0.2, 0.25) is 5.91 Å². The van der Waals surface area contributed by atoms with E-state index in [1.807, 2.05) is 6.92 Å². The van der Waals surface area contributed by atoms with Gasteiger partial charge in [0, 0.05) is 5.92 Å². The second-order valence-corrected chi connectivity index (χ2v) is 3.31. The summed E-state index contributed by atoms with van der Waals surface area (Å²) in [5.74, 6) is 0.0867. The normalized spacial score (nSPS) is 11.0. The average molecular weight is 216 g/mol. The smallest absolute Gasteiger partial charge is 0.223 e. The van der Waals surface area contributed by atoms with E-state index in [2.05, 4.69) is 18.0 Å². The Morgan fingerprint density at radius 1 is 1.27 bits per heavy atom. The largest absolute Gasteiger partial charge is 0.349 e. The van der Waals surface area contributed by atoms with Gasteiger partial charge in [-0.1, -0.05) is 20.3 Å². The van der Waals surface area contributed by atoms with Gasteiger partial charge >= 0.3 is 0 Å². The zero-order chi connectivity index (χ0) is 12.3. The van der Waals surface area contributed by atoms with Crippen LogP contribution in [0, 0.1) is 5.92 Å². The third-order valence-electron chi connectivity index (χ3n) is 2.01. The summed E-state index contributed by atoms with van der Waals surface area (Å²) >= 11 is 0. The summed E-state index contributed by atoms with van der Waals surface area (Å²) in [7, 11) is 1.50. The summed E-state index contributed by atoms with van der Waals surface area (Å²) in [5.41, 5.74) is 4.50. The second-order valence-electron chi connectivity index (χ2n) is 3.31. The average Bonchev–Trinajstić information content (AvgIpc) is 2.25. The Balaban J connectivity index is 0.